The van der Waals surface area contributed by atoms with Gasteiger partial charge in [0.2, 0.25) is 0 Å². The van der Waals surface area contributed by atoms with Crippen LogP contribution in [0, 0.1) is 5.92 Å². The van der Waals surface area contributed by atoms with E-state index in [0.29, 0.717) is 5.92 Å². The maximum absolute atomic E-state index is 9.25. The molecule has 0 spiro atoms. The van der Waals surface area contributed by atoms with E-state index in [-0.39, 0.29) is 12.6 Å². The third-order valence-corrected chi connectivity index (χ3v) is 2.66. The lowest BCUT2D eigenvalue weighted by molar-refractivity contribution is 0.232. The second-order valence-electron chi connectivity index (χ2n) is 4.71. The first kappa shape index (κ1) is 13.2. The van der Waals surface area contributed by atoms with Crippen molar-refractivity contribution in [3.63, 3.8) is 0 Å². The molecule has 2 N–H and O–H groups in total. The van der Waals surface area contributed by atoms with Crippen molar-refractivity contribution in [2.24, 2.45) is 5.92 Å². The van der Waals surface area contributed by atoms with Gasteiger partial charge in [-0.05, 0) is 30.9 Å². The van der Waals surface area contributed by atoms with Crippen LogP contribution >= 0.6 is 0 Å². The molecule has 0 aliphatic heterocycles. The van der Waals surface area contributed by atoms with E-state index >= 15 is 0 Å². The number of rotatable bonds is 7. The highest BCUT2D eigenvalue weighted by atomic mass is 16.3. The molecular formula is C14H23NO. The Morgan fingerprint density at radius 3 is 2.44 bits per heavy atom. The minimum absolute atomic E-state index is 0.222. The van der Waals surface area contributed by atoms with E-state index in [0.717, 1.165) is 19.4 Å². The number of nitrogens with one attached hydrogen (secondary N) is 1. The first-order chi connectivity index (χ1) is 7.72. The molecule has 0 fully saturated rings. The highest BCUT2D eigenvalue weighted by Crippen LogP contribution is 2.05. The molecule has 1 aromatic rings. The van der Waals surface area contributed by atoms with Gasteiger partial charge >= 0.3 is 0 Å². The Morgan fingerprint density at radius 2 is 1.88 bits per heavy atom. The normalized spacial score (nSPS) is 13.0. The van der Waals surface area contributed by atoms with Crippen LogP contribution in [0.3, 0.4) is 0 Å². The van der Waals surface area contributed by atoms with Gasteiger partial charge in [-0.15, -0.1) is 0 Å². The van der Waals surface area contributed by atoms with Crippen molar-refractivity contribution in [2.75, 3.05) is 13.2 Å². The number of aliphatic hydroxyl groups excluding tert-OH is 1. The molecule has 0 saturated carbocycles. The number of benzene rings is 1. The van der Waals surface area contributed by atoms with Gasteiger partial charge in [-0.1, -0.05) is 44.2 Å². The van der Waals surface area contributed by atoms with Gasteiger partial charge in [-0.2, -0.15) is 0 Å². The lowest BCUT2D eigenvalue weighted by Crippen LogP contribution is -2.35. The van der Waals surface area contributed by atoms with Gasteiger partial charge in [0.15, 0.2) is 0 Å². The SMILES string of the molecule is CC(C)CNC(CO)CCc1ccccc1. The zero-order valence-electron chi connectivity index (χ0n) is 10.3. The lowest BCUT2D eigenvalue weighted by atomic mass is 10.1. The van der Waals surface area contributed by atoms with Gasteiger partial charge in [0.05, 0.1) is 6.61 Å². The number of hydrogen-bond acceptors (Lipinski definition) is 2. The molecule has 1 aromatic carbocycles. The van der Waals surface area contributed by atoms with Crippen molar-refractivity contribution < 1.29 is 5.11 Å². The maximum Gasteiger partial charge on any atom is 0.0584 e. The summed E-state index contributed by atoms with van der Waals surface area (Å²) in [5, 5.41) is 12.6. The predicted molar refractivity (Wildman–Crippen MR) is 68.5 cm³/mol. The molecule has 2 nitrogen and oxygen atoms in total. The highest BCUT2D eigenvalue weighted by Gasteiger charge is 2.07. The van der Waals surface area contributed by atoms with Crippen molar-refractivity contribution in [3.8, 4) is 0 Å². The Balaban J connectivity index is 2.28. The second kappa shape index (κ2) is 7.42. The standard InChI is InChI=1S/C14H23NO/c1-12(2)10-15-14(11-16)9-8-13-6-4-3-5-7-13/h3-7,12,14-16H,8-11H2,1-2H3. The Hall–Kier alpha value is -0.860. The third-order valence-electron chi connectivity index (χ3n) is 2.66. The zero-order valence-corrected chi connectivity index (χ0v) is 10.3. The third kappa shape index (κ3) is 5.29. The van der Waals surface area contributed by atoms with Crippen LogP contribution in [0.4, 0.5) is 0 Å². The van der Waals surface area contributed by atoms with Gasteiger partial charge in [-0.25, -0.2) is 0 Å². The Kier molecular flexibility index (Phi) is 6.12. The molecule has 0 aromatic heterocycles. The van der Waals surface area contributed by atoms with E-state index in [1.807, 2.05) is 6.07 Å². The van der Waals surface area contributed by atoms with Crippen LogP contribution in [0.5, 0.6) is 0 Å². The Bertz CT molecular complexity index is 271. The van der Waals surface area contributed by atoms with Crippen molar-refractivity contribution >= 4 is 0 Å². The maximum atomic E-state index is 9.25. The van der Waals surface area contributed by atoms with Gasteiger partial charge < -0.3 is 10.4 Å². The number of aliphatic hydroxyl groups is 1. The van der Waals surface area contributed by atoms with Crippen LogP contribution in [0.15, 0.2) is 30.3 Å². The van der Waals surface area contributed by atoms with Crippen molar-refractivity contribution in [3.05, 3.63) is 35.9 Å². The molecule has 1 unspecified atom stereocenters. The van der Waals surface area contributed by atoms with Crippen LogP contribution in [-0.4, -0.2) is 24.3 Å². The van der Waals surface area contributed by atoms with E-state index in [2.05, 4.69) is 43.4 Å². The molecule has 1 rings (SSSR count). The second-order valence-corrected chi connectivity index (χ2v) is 4.71. The van der Waals surface area contributed by atoms with Gasteiger partial charge in [-0.3, -0.25) is 0 Å². The van der Waals surface area contributed by atoms with Crippen LogP contribution in [0.25, 0.3) is 0 Å². The average Bonchev–Trinajstić information content (AvgIpc) is 2.30. The molecular weight excluding hydrogens is 198 g/mol. The molecule has 0 bridgehead atoms. The minimum Gasteiger partial charge on any atom is -0.395 e. The summed E-state index contributed by atoms with van der Waals surface area (Å²) < 4.78 is 0. The summed E-state index contributed by atoms with van der Waals surface area (Å²) in [6.45, 7) is 5.55. The Morgan fingerprint density at radius 1 is 1.19 bits per heavy atom. The quantitative estimate of drug-likeness (QED) is 0.740. The van der Waals surface area contributed by atoms with E-state index < -0.39 is 0 Å². The van der Waals surface area contributed by atoms with E-state index in [1.54, 1.807) is 0 Å². The Labute approximate surface area is 98.7 Å². The summed E-state index contributed by atoms with van der Waals surface area (Å²) in [6, 6.07) is 10.6. The first-order valence-corrected chi connectivity index (χ1v) is 6.10. The molecule has 0 aliphatic carbocycles. The summed E-state index contributed by atoms with van der Waals surface area (Å²) >= 11 is 0. The van der Waals surface area contributed by atoms with E-state index in [4.69, 9.17) is 0 Å². The van der Waals surface area contributed by atoms with Crippen molar-refractivity contribution in [2.45, 2.75) is 32.7 Å². The molecule has 0 radical (unpaired) electrons. The number of hydrogen-bond donors (Lipinski definition) is 2. The van der Waals surface area contributed by atoms with Crippen LogP contribution < -0.4 is 5.32 Å². The fourth-order valence-electron chi connectivity index (χ4n) is 1.65. The molecule has 16 heavy (non-hydrogen) atoms. The monoisotopic (exact) mass is 221 g/mol. The smallest absolute Gasteiger partial charge is 0.0584 e. The molecule has 90 valence electrons. The van der Waals surface area contributed by atoms with E-state index in [1.165, 1.54) is 5.56 Å². The molecule has 0 amide bonds. The average molecular weight is 221 g/mol. The van der Waals surface area contributed by atoms with Crippen molar-refractivity contribution in [1.82, 2.24) is 5.32 Å². The zero-order chi connectivity index (χ0) is 11.8. The summed E-state index contributed by atoms with van der Waals surface area (Å²) in [7, 11) is 0. The topological polar surface area (TPSA) is 32.3 Å². The summed E-state index contributed by atoms with van der Waals surface area (Å²) in [6.07, 6.45) is 2.02. The van der Waals surface area contributed by atoms with Crippen LogP contribution in [0.1, 0.15) is 25.8 Å². The first-order valence-electron chi connectivity index (χ1n) is 6.10. The fraction of sp³-hybridized carbons (Fsp3) is 0.571. The highest BCUT2D eigenvalue weighted by molar-refractivity contribution is 5.14. The van der Waals surface area contributed by atoms with Gasteiger partial charge in [0.25, 0.3) is 0 Å². The van der Waals surface area contributed by atoms with Gasteiger partial charge in [0.1, 0.15) is 0 Å². The molecule has 1 atom stereocenters. The lowest BCUT2D eigenvalue weighted by Gasteiger charge is -2.17. The predicted octanol–water partition coefficient (Wildman–Crippen LogP) is 2.23. The fourth-order valence-corrected chi connectivity index (χ4v) is 1.65. The molecule has 2 heteroatoms. The largest absolute Gasteiger partial charge is 0.395 e. The van der Waals surface area contributed by atoms with Crippen LogP contribution in [0.2, 0.25) is 0 Å². The van der Waals surface area contributed by atoms with Crippen molar-refractivity contribution in [1.29, 1.82) is 0 Å². The molecule has 0 aliphatic rings. The minimum atomic E-state index is 0.222. The van der Waals surface area contributed by atoms with E-state index in [9.17, 15) is 5.11 Å². The summed E-state index contributed by atoms with van der Waals surface area (Å²) in [5.74, 6) is 0.630. The number of aryl methyl sites for hydroxylation is 1. The molecule has 0 heterocycles. The van der Waals surface area contributed by atoms with Gasteiger partial charge in [0, 0.05) is 6.04 Å². The molecule has 0 saturated heterocycles. The summed E-state index contributed by atoms with van der Waals surface area (Å²) in [4.78, 5) is 0. The summed E-state index contributed by atoms with van der Waals surface area (Å²) in [5.41, 5.74) is 1.34. The van der Waals surface area contributed by atoms with Crippen LogP contribution in [-0.2, 0) is 6.42 Å².